The van der Waals surface area contributed by atoms with Gasteiger partial charge in [0.1, 0.15) is 11.8 Å². The van der Waals surface area contributed by atoms with Crippen LogP contribution < -0.4 is 5.32 Å². The number of nitrogens with one attached hydrogen (secondary N) is 1. The summed E-state index contributed by atoms with van der Waals surface area (Å²) in [6, 6.07) is 2.33. The zero-order chi connectivity index (χ0) is 17.6. The van der Waals surface area contributed by atoms with Crippen molar-refractivity contribution in [2.75, 3.05) is 0 Å². The highest BCUT2D eigenvalue weighted by Gasteiger charge is 2.31. The first-order valence-corrected chi connectivity index (χ1v) is 6.87. The molecule has 0 aliphatic rings. The van der Waals surface area contributed by atoms with Crippen LogP contribution in [0.4, 0.5) is 13.2 Å². The maximum Gasteiger partial charge on any atom is 0.416 e. The van der Waals surface area contributed by atoms with Crippen molar-refractivity contribution < 1.29 is 32.7 Å². The van der Waals surface area contributed by atoms with E-state index in [4.69, 9.17) is 5.11 Å². The number of Topliss-reactive ketones (excluding diaryl/α,β-unsaturated/α-hetero) is 1. The highest BCUT2D eigenvalue weighted by atomic mass is 19.4. The molecule has 1 atom stereocenters. The largest absolute Gasteiger partial charge is 0.480 e. The predicted molar refractivity (Wildman–Crippen MR) is 74.9 cm³/mol. The van der Waals surface area contributed by atoms with Crippen molar-refractivity contribution >= 4 is 17.7 Å². The number of halogens is 3. The molecule has 126 valence electrons. The molecule has 5 nitrogen and oxygen atoms in total. The zero-order valence-electron chi connectivity index (χ0n) is 12.3. The van der Waals surface area contributed by atoms with Gasteiger partial charge in [-0.1, -0.05) is 13.0 Å². The summed E-state index contributed by atoms with van der Waals surface area (Å²) in [4.78, 5) is 34.2. The highest BCUT2D eigenvalue weighted by molar-refractivity contribution is 5.96. The number of carbonyl (C=O) groups excluding carboxylic acids is 2. The lowest BCUT2D eigenvalue weighted by molar-refractivity contribution is -0.140. The van der Waals surface area contributed by atoms with E-state index in [-0.39, 0.29) is 30.6 Å². The number of carboxylic acid groups (broad SMARTS) is 1. The van der Waals surface area contributed by atoms with Crippen LogP contribution >= 0.6 is 0 Å². The van der Waals surface area contributed by atoms with Crippen LogP contribution in [0.1, 0.15) is 42.1 Å². The SMILES string of the molecule is CCC(=O)CC[C@@H](NC(=O)c1cccc(C(F)(F)F)c1)C(=O)O. The Morgan fingerprint density at radius 2 is 1.91 bits per heavy atom. The summed E-state index contributed by atoms with van der Waals surface area (Å²) in [5, 5.41) is 11.2. The summed E-state index contributed by atoms with van der Waals surface area (Å²) in [7, 11) is 0. The number of hydrogen-bond acceptors (Lipinski definition) is 3. The predicted octanol–water partition coefficient (Wildman–Crippen LogP) is 2.65. The maximum atomic E-state index is 12.6. The standard InChI is InChI=1S/C15H16F3NO4/c1-2-11(20)6-7-12(14(22)23)19-13(21)9-4-3-5-10(8-9)15(16,17)18/h3-5,8,12H,2,6-7H2,1H3,(H,19,21)(H,22,23)/t12-/m1/s1. The highest BCUT2D eigenvalue weighted by Crippen LogP contribution is 2.29. The van der Waals surface area contributed by atoms with E-state index in [1.54, 1.807) is 6.92 Å². The minimum atomic E-state index is -4.60. The molecule has 0 saturated carbocycles. The number of carbonyl (C=O) groups is 3. The lowest BCUT2D eigenvalue weighted by atomic mass is 10.1. The van der Waals surface area contributed by atoms with E-state index in [1.165, 1.54) is 0 Å². The number of hydrogen-bond donors (Lipinski definition) is 2. The summed E-state index contributed by atoms with van der Waals surface area (Å²) in [6.45, 7) is 1.62. The second kappa shape index (κ2) is 7.75. The normalized spacial score (nSPS) is 12.5. The Morgan fingerprint density at radius 1 is 1.26 bits per heavy atom. The first-order valence-electron chi connectivity index (χ1n) is 6.87. The van der Waals surface area contributed by atoms with Gasteiger partial charge < -0.3 is 10.4 Å². The molecule has 0 aliphatic carbocycles. The first kappa shape index (κ1) is 18.7. The van der Waals surface area contributed by atoms with Crippen molar-refractivity contribution in [3.05, 3.63) is 35.4 Å². The molecule has 0 aliphatic heterocycles. The van der Waals surface area contributed by atoms with Gasteiger partial charge in [-0.25, -0.2) is 4.79 Å². The maximum absolute atomic E-state index is 12.6. The fourth-order valence-electron chi connectivity index (χ4n) is 1.82. The van der Waals surface area contributed by atoms with Crippen LogP contribution in [0, 0.1) is 0 Å². The molecule has 8 heteroatoms. The van der Waals surface area contributed by atoms with Gasteiger partial charge in [0.2, 0.25) is 0 Å². The van der Waals surface area contributed by atoms with Crippen molar-refractivity contribution in [2.45, 2.75) is 38.4 Å². The fourth-order valence-corrected chi connectivity index (χ4v) is 1.82. The van der Waals surface area contributed by atoms with Gasteiger partial charge in [0, 0.05) is 18.4 Å². The second-order valence-corrected chi connectivity index (χ2v) is 4.87. The van der Waals surface area contributed by atoms with E-state index in [2.05, 4.69) is 5.32 Å². The topological polar surface area (TPSA) is 83.5 Å². The third-order valence-electron chi connectivity index (χ3n) is 3.16. The van der Waals surface area contributed by atoms with Crippen LogP contribution in [0.15, 0.2) is 24.3 Å². The minimum absolute atomic E-state index is 0.0314. The summed E-state index contributed by atoms with van der Waals surface area (Å²) in [6.07, 6.45) is -4.51. The second-order valence-electron chi connectivity index (χ2n) is 4.87. The van der Waals surface area contributed by atoms with Crippen molar-refractivity contribution in [1.82, 2.24) is 5.32 Å². The average molecular weight is 331 g/mol. The Bertz CT molecular complexity index is 599. The average Bonchev–Trinajstić information content (AvgIpc) is 2.49. The molecular weight excluding hydrogens is 315 g/mol. The van der Waals surface area contributed by atoms with Gasteiger partial charge in [0.05, 0.1) is 5.56 Å². The number of rotatable bonds is 7. The zero-order valence-corrected chi connectivity index (χ0v) is 12.3. The van der Waals surface area contributed by atoms with Gasteiger partial charge in [0.15, 0.2) is 0 Å². The molecular formula is C15H16F3NO4. The fraction of sp³-hybridized carbons (Fsp3) is 0.400. The number of aliphatic carboxylic acids is 1. The lowest BCUT2D eigenvalue weighted by Crippen LogP contribution is -2.41. The van der Waals surface area contributed by atoms with Gasteiger partial charge in [-0.05, 0) is 24.6 Å². The number of ketones is 1. The molecule has 0 fully saturated rings. The van der Waals surface area contributed by atoms with Crippen LogP contribution in [0.25, 0.3) is 0 Å². The van der Waals surface area contributed by atoms with Crippen LogP contribution in [0.2, 0.25) is 0 Å². The van der Waals surface area contributed by atoms with Crippen LogP contribution in [-0.4, -0.2) is 28.8 Å². The number of benzene rings is 1. The Balaban J connectivity index is 2.83. The molecule has 0 unspecified atom stereocenters. The molecule has 0 heterocycles. The van der Waals surface area contributed by atoms with Crippen LogP contribution in [0.3, 0.4) is 0 Å². The van der Waals surface area contributed by atoms with Gasteiger partial charge in [0.25, 0.3) is 5.91 Å². The Hall–Kier alpha value is -2.38. The summed E-state index contributed by atoms with van der Waals surface area (Å²) in [5.74, 6) is -2.45. The van der Waals surface area contributed by atoms with E-state index in [0.717, 1.165) is 18.2 Å². The molecule has 0 radical (unpaired) electrons. The molecule has 0 saturated heterocycles. The quantitative estimate of drug-likeness (QED) is 0.804. The lowest BCUT2D eigenvalue weighted by Gasteiger charge is -2.15. The molecule has 0 aromatic heterocycles. The first-order chi connectivity index (χ1) is 10.6. The van der Waals surface area contributed by atoms with Gasteiger partial charge in [-0.3, -0.25) is 9.59 Å². The van der Waals surface area contributed by atoms with Crippen molar-refractivity contribution in [3.8, 4) is 0 Å². The summed E-state index contributed by atoms with van der Waals surface area (Å²) in [5.41, 5.74) is -1.30. The monoisotopic (exact) mass is 331 g/mol. The molecule has 1 rings (SSSR count). The van der Waals surface area contributed by atoms with Crippen molar-refractivity contribution in [1.29, 1.82) is 0 Å². The minimum Gasteiger partial charge on any atom is -0.480 e. The van der Waals surface area contributed by atoms with E-state index >= 15 is 0 Å². The Kier molecular flexibility index (Phi) is 6.29. The summed E-state index contributed by atoms with van der Waals surface area (Å²) >= 11 is 0. The number of carboxylic acids is 1. The van der Waals surface area contributed by atoms with Gasteiger partial charge in [-0.2, -0.15) is 13.2 Å². The molecule has 1 aromatic carbocycles. The molecule has 23 heavy (non-hydrogen) atoms. The number of amides is 1. The molecule has 1 amide bonds. The van der Waals surface area contributed by atoms with Crippen molar-refractivity contribution in [3.63, 3.8) is 0 Å². The summed E-state index contributed by atoms with van der Waals surface area (Å²) < 4.78 is 37.8. The van der Waals surface area contributed by atoms with Gasteiger partial charge >= 0.3 is 12.1 Å². The number of alkyl halides is 3. The third kappa shape index (κ3) is 5.72. The van der Waals surface area contributed by atoms with Gasteiger partial charge in [-0.15, -0.1) is 0 Å². The van der Waals surface area contributed by atoms with E-state index in [9.17, 15) is 27.6 Å². The molecule has 1 aromatic rings. The molecule has 0 bridgehead atoms. The Labute approximate surface area is 130 Å². The van der Waals surface area contributed by atoms with E-state index in [0.29, 0.717) is 6.07 Å². The Morgan fingerprint density at radius 3 is 2.43 bits per heavy atom. The van der Waals surface area contributed by atoms with Crippen LogP contribution in [-0.2, 0) is 15.8 Å². The van der Waals surface area contributed by atoms with E-state index < -0.39 is 29.7 Å². The third-order valence-corrected chi connectivity index (χ3v) is 3.16. The van der Waals surface area contributed by atoms with E-state index in [1.807, 2.05) is 0 Å². The smallest absolute Gasteiger partial charge is 0.416 e. The van der Waals surface area contributed by atoms with Crippen molar-refractivity contribution in [2.24, 2.45) is 0 Å². The molecule has 0 spiro atoms. The van der Waals surface area contributed by atoms with Crippen LogP contribution in [0.5, 0.6) is 0 Å². The molecule has 2 N–H and O–H groups in total.